The molecule has 0 saturated carbocycles. The molecule has 0 bridgehead atoms. The Labute approximate surface area is 82.7 Å². The van der Waals surface area contributed by atoms with Crippen molar-refractivity contribution in [1.82, 2.24) is 0 Å². The number of nitrogens with zero attached hydrogens (tertiary/aromatic N) is 2. The van der Waals surface area contributed by atoms with Crippen LogP contribution >= 0.6 is 0 Å². The summed E-state index contributed by atoms with van der Waals surface area (Å²) in [7, 11) is 0. The summed E-state index contributed by atoms with van der Waals surface area (Å²) in [4.78, 5) is 8.99. The lowest BCUT2D eigenvalue weighted by atomic mass is 9.99. The number of hydrogen-bond donors (Lipinski definition) is 0. The third-order valence-electron chi connectivity index (χ3n) is 2.74. The zero-order valence-electron chi connectivity index (χ0n) is 8.41. The second-order valence-electron chi connectivity index (χ2n) is 4.59. The Morgan fingerprint density at radius 2 is 2.07 bits per heavy atom. The van der Waals surface area contributed by atoms with Crippen molar-refractivity contribution in [3.05, 3.63) is 40.2 Å². The summed E-state index contributed by atoms with van der Waals surface area (Å²) in [6.07, 6.45) is 4.92. The number of fused-ring (bicyclic) bond motifs is 2. The van der Waals surface area contributed by atoms with Gasteiger partial charge in [-0.15, -0.1) is 0 Å². The molecule has 2 nitrogen and oxygen atoms in total. The normalized spacial score (nSPS) is 19.9. The van der Waals surface area contributed by atoms with E-state index >= 15 is 0 Å². The predicted molar refractivity (Wildman–Crippen MR) is 55.6 cm³/mol. The van der Waals surface area contributed by atoms with Crippen molar-refractivity contribution in [2.75, 3.05) is 0 Å². The molecule has 0 amide bonds. The summed E-state index contributed by atoms with van der Waals surface area (Å²) in [6.45, 7) is 4.34. The topological polar surface area (TPSA) is 24.7 Å². The summed E-state index contributed by atoms with van der Waals surface area (Å²) in [5.74, 6) is 0. The molecule has 70 valence electrons. The highest BCUT2D eigenvalue weighted by Gasteiger charge is 2.23. The highest BCUT2D eigenvalue weighted by Crippen LogP contribution is 2.19. The molecule has 2 aliphatic heterocycles. The first-order chi connectivity index (χ1) is 6.64. The lowest BCUT2D eigenvalue weighted by Crippen LogP contribution is -2.15. The largest absolute Gasteiger partial charge is 0.279 e. The molecule has 0 unspecified atom stereocenters. The minimum atomic E-state index is 0.0706. The highest BCUT2D eigenvalue weighted by molar-refractivity contribution is 5.52. The molecule has 1 aromatic carbocycles. The van der Waals surface area contributed by atoms with Crippen molar-refractivity contribution < 1.29 is 0 Å². The van der Waals surface area contributed by atoms with Gasteiger partial charge in [0.15, 0.2) is 0 Å². The SMILES string of the molecule is CC1(C)Cc2cc3c(cc2=N1)C=CN=3. The second kappa shape index (κ2) is 2.32. The summed E-state index contributed by atoms with van der Waals surface area (Å²) in [5, 5.41) is 2.24. The van der Waals surface area contributed by atoms with Crippen LogP contribution in [0.4, 0.5) is 0 Å². The molecule has 0 N–H and O–H groups in total. The maximum Gasteiger partial charge on any atom is 0.0706 e. The average Bonchev–Trinajstić information content (AvgIpc) is 2.59. The minimum Gasteiger partial charge on any atom is -0.279 e. The first kappa shape index (κ1) is 7.92. The second-order valence-corrected chi connectivity index (χ2v) is 4.59. The lowest BCUT2D eigenvalue weighted by Gasteiger charge is -2.11. The highest BCUT2D eigenvalue weighted by atomic mass is 14.9. The third kappa shape index (κ3) is 1.03. The quantitative estimate of drug-likeness (QED) is 0.579. The molecule has 0 atom stereocenters. The van der Waals surface area contributed by atoms with Gasteiger partial charge in [0.25, 0.3) is 0 Å². The van der Waals surface area contributed by atoms with Crippen molar-refractivity contribution in [3.63, 3.8) is 0 Å². The predicted octanol–water partition coefficient (Wildman–Crippen LogP) is 1.24. The third-order valence-corrected chi connectivity index (χ3v) is 2.74. The van der Waals surface area contributed by atoms with E-state index in [1.54, 1.807) is 0 Å². The van der Waals surface area contributed by atoms with Crippen molar-refractivity contribution in [3.8, 4) is 0 Å². The Morgan fingerprint density at radius 1 is 1.21 bits per heavy atom. The van der Waals surface area contributed by atoms with E-state index in [0.29, 0.717) is 0 Å². The van der Waals surface area contributed by atoms with E-state index < -0.39 is 0 Å². The summed E-state index contributed by atoms with van der Waals surface area (Å²) in [6, 6.07) is 4.31. The molecule has 2 aliphatic rings. The number of benzene rings is 1. The molecule has 0 fully saturated rings. The number of hydrogen-bond acceptors (Lipinski definition) is 2. The molecule has 14 heavy (non-hydrogen) atoms. The Hall–Kier alpha value is -1.44. The monoisotopic (exact) mass is 184 g/mol. The van der Waals surface area contributed by atoms with Gasteiger partial charge in [0.1, 0.15) is 0 Å². The van der Waals surface area contributed by atoms with E-state index in [9.17, 15) is 0 Å². The fourth-order valence-electron chi connectivity index (χ4n) is 2.16. The standard InChI is InChI=1S/C12H12N2/c1-12(2)7-9-6-10-8(3-4-13-10)5-11(9)14-12/h3-6H,7H2,1-2H3. The van der Waals surface area contributed by atoms with Gasteiger partial charge in [-0.1, -0.05) is 0 Å². The first-order valence-electron chi connectivity index (χ1n) is 4.91. The van der Waals surface area contributed by atoms with Gasteiger partial charge < -0.3 is 0 Å². The fraction of sp³-hybridized carbons (Fsp3) is 0.333. The Morgan fingerprint density at radius 3 is 2.93 bits per heavy atom. The van der Waals surface area contributed by atoms with Crippen LogP contribution in [0.3, 0.4) is 0 Å². The molecule has 0 aromatic heterocycles. The summed E-state index contributed by atoms with van der Waals surface area (Å²) < 4.78 is 0. The van der Waals surface area contributed by atoms with E-state index in [4.69, 9.17) is 0 Å². The summed E-state index contributed by atoms with van der Waals surface area (Å²) >= 11 is 0. The van der Waals surface area contributed by atoms with Gasteiger partial charge in [-0.25, -0.2) is 0 Å². The van der Waals surface area contributed by atoms with Gasteiger partial charge in [-0.3, -0.25) is 9.98 Å². The summed E-state index contributed by atoms with van der Waals surface area (Å²) in [5.41, 5.74) is 2.60. The van der Waals surface area contributed by atoms with Gasteiger partial charge in [-0.2, -0.15) is 0 Å². The van der Waals surface area contributed by atoms with Crippen LogP contribution in [0, 0.1) is 0 Å². The van der Waals surface area contributed by atoms with Gasteiger partial charge in [-0.05, 0) is 44.0 Å². The molecule has 2 heteroatoms. The molecule has 0 spiro atoms. The number of rotatable bonds is 0. The first-order valence-corrected chi connectivity index (χ1v) is 4.91. The van der Waals surface area contributed by atoms with Crippen LogP contribution in [0.5, 0.6) is 0 Å². The molecular formula is C12H12N2. The zero-order valence-corrected chi connectivity index (χ0v) is 8.41. The van der Waals surface area contributed by atoms with Crippen LogP contribution in [0.2, 0.25) is 0 Å². The maximum absolute atomic E-state index is 4.69. The van der Waals surface area contributed by atoms with Gasteiger partial charge in [0.2, 0.25) is 0 Å². The van der Waals surface area contributed by atoms with Crippen LogP contribution in [-0.2, 0) is 6.42 Å². The molecule has 0 radical (unpaired) electrons. The van der Waals surface area contributed by atoms with Gasteiger partial charge in [0, 0.05) is 11.8 Å². The van der Waals surface area contributed by atoms with Crippen molar-refractivity contribution >= 4 is 6.08 Å². The maximum atomic E-state index is 4.69. The lowest BCUT2D eigenvalue weighted by molar-refractivity contribution is 0.537. The zero-order chi connectivity index (χ0) is 9.76. The molecule has 1 aromatic rings. The Kier molecular flexibility index (Phi) is 1.31. The Balaban J connectivity index is 2.31. The molecular weight excluding hydrogens is 172 g/mol. The smallest absolute Gasteiger partial charge is 0.0706 e. The molecule has 3 rings (SSSR count). The van der Waals surface area contributed by atoms with Gasteiger partial charge in [0.05, 0.1) is 16.3 Å². The van der Waals surface area contributed by atoms with Crippen molar-refractivity contribution in [1.29, 1.82) is 0 Å². The molecule has 0 saturated heterocycles. The van der Waals surface area contributed by atoms with Gasteiger partial charge >= 0.3 is 0 Å². The van der Waals surface area contributed by atoms with E-state index in [1.807, 2.05) is 12.3 Å². The molecule has 2 heterocycles. The van der Waals surface area contributed by atoms with Crippen molar-refractivity contribution in [2.45, 2.75) is 25.8 Å². The average molecular weight is 184 g/mol. The van der Waals surface area contributed by atoms with E-state index in [-0.39, 0.29) is 5.54 Å². The van der Waals surface area contributed by atoms with Crippen LogP contribution < -0.4 is 10.7 Å². The molecule has 0 aliphatic carbocycles. The van der Waals surface area contributed by atoms with Crippen molar-refractivity contribution in [2.24, 2.45) is 9.98 Å². The van der Waals surface area contributed by atoms with E-state index in [1.165, 1.54) is 11.1 Å². The van der Waals surface area contributed by atoms with E-state index in [0.717, 1.165) is 17.1 Å². The van der Waals surface area contributed by atoms with Crippen LogP contribution in [0.25, 0.3) is 6.08 Å². The van der Waals surface area contributed by atoms with Crippen LogP contribution in [-0.4, -0.2) is 5.54 Å². The van der Waals surface area contributed by atoms with E-state index in [2.05, 4.69) is 36.0 Å². The van der Waals surface area contributed by atoms with Crippen LogP contribution in [0.15, 0.2) is 28.3 Å². The minimum absolute atomic E-state index is 0.0706. The Bertz CT molecular complexity index is 550. The fourth-order valence-corrected chi connectivity index (χ4v) is 2.16. The van der Waals surface area contributed by atoms with Crippen LogP contribution in [0.1, 0.15) is 25.0 Å².